The Kier molecular flexibility index (Phi) is 10.1. The van der Waals surface area contributed by atoms with E-state index in [2.05, 4.69) is 6.92 Å². The van der Waals surface area contributed by atoms with E-state index in [1.165, 1.54) is 74.2 Å². The highest BCUT2D eigenvalue weighted by molar-refractivity contribution is 5.95. The Morgan fingerprint density at radius 3 is 1.81 bits per heavy atom. The minimum atomic E-state index is -1.12. The lowest BCUT2D eigenvalue weighted by atomic mass is 10.1. The summed E-state index contributed by atoms with van der Waals surface area (Å²) in [4.78, 5) is 35.9. The lowest BCUT2D eigenvalue weighted by Crippen LogP contribution is -2.11. The number of aromatic carboxylic acids is 1. The van der Waals surface area contributed by atoms with Crippen LogP contribution in [0.15, 0.2) is 72.8 Å². The molecule has 36 heavy (non-hydrogen) atoms. The second-order valence-electron chi connectivity index (χ2n) is 8.28. The van der Waals surface area contributed by atoms with Crippen molar-refractivity contribution in [2.24, 2.45) is 0 Å². The second kappa shape index (κ2) is 13.7. The van der Waals surface area contributed by atoms with Crippen molar-refractivity contribution < 1.29 is 33.7 Å². The topological polar surface area (TPSA) is 99.1 Å². The molecule has 0 heterocycles. The summed E-state index contributed by atoms with van der Waals surface area (Å²) >= 11 is 0. The molecular weight excluding hydrogens is 460 g/mol. The molecule has 0 spiro atoms. The van der Waals surface area contributed by atoms with Gasteiger partial charge in [-0.05, 0) is 73.2 Å². The highest BCUT2D eigenvalue weighted by Crippen LogP contribution is 2.20. The molecular formula is C29H30O7. The number of carboxylic acids is 1. The molecule has 0 aliphatic carbocycles. The zero-order chi connectivity index (χ0) is 25.8. The summed E-state index contributed by atoms with van der Waals surface area (Å²) in [6, 6.07) is 18.3. The first-order valence-corrected chi connectivity index (χ1v) is 12.1. The predicted octanol–water partition coefficient (Wildman–Crippen LogP) is 6.56. The molecule has 7 nitrogen and oxygen atoms in total. The molecule has 0 unspecified atom stereocenters. The summed E-state index contributed by atoms with van der Waals surface area (Å²) in [5.74, 6) is -1.14. The maximum absolute atomic E-state index is 12.5. The zero-order valence-electron chi connectivity index (χ0n) is 20.3. The second-order valence-corrected chi connectivity index (χ2v) is 8.28. The maximum Gasteiger partial charge on any atom is 0.343 e. The van der Waals surface area contributed by atoms with Crippen LogP contribution in [0.3, 0.4) is 0 Å². The SMILES string of the molecule is CCCCCCCCOc1ccc(OC(=O)c2ccc(C(=O)Oc3cccc(C(=O)O)c3)cc2)cc1. The van der Waals surface area contributed by atoms with Crippen LogP contribution in [0.2, 0.25) is 0 Å². The Labute approximate surface area is 210 Å². The van der Waals surface area contributed by atoms with Crippen LogP contribution < -0.4 is 14.2 Å². The number of esters is 2. The van der Waals surface area contributed by atoms with Gasteiger partial charge in [-0.25, -0.2) is 14.4 Å². The third-order valence-corrected chi connectivity index (χ3v) is 5.45. The molecule has 0 atom stereocenters. The number of ether oxygens (including phenoxy) is 3. The van der Waals surface area contributed by atoms with Gasteiger partial charge in [0.1, 0.15) is 17.2 Å². The van der Waals surface area contributed by atoms with Gasteiger partial charge in [0.2, 0.25) is 0 Å². The van der Waals surface area contributed by atoms with E-state index in [1.54, 1.807) is 24.3 Å². The van der Waals surface area contributed by atoms with Crippen LogP contribution in [0.5, 0.6) is 17.2 Å². The Morgan fingerprint density at radius 2 is 1.19 bits per heavy atom. The minimum Gasteiger partial charge on any atom is -0.494 e. The van der Waals surface area contributed by atoms with Crippen LogP contribution in [0.25, 0.3) is 0 Å². The Balaban J connectivity index is 1.47. The summed E-state index contributed by atoms with van der Waals surface area (Å²) in [5.41, 5.74) is 0.484. The fourth-order valence-electron chi connectivity index (χ4n) is 3.44. The monoisotopic (exact) mass is 490 g/mol. The summed E-state index contributed by atoms with van der Waals surface area (Å²) in [6.45, 7) is 2.86. The van der Waals surface area contributed by atoms with E-state index >= 15 is 0 Å². The van der Waals surface area contributed by atoms with Gasteiger partial charge in [0, 0.05) is 0 Å². The van der Waals surface area contributed by atoms with Crippen molar-refractivity contribution in [3.8, 4) is 17.2 Å². The van der Waals surface area contributed by atoms with E-state index in [1.807, 2.05) is 0 Å². The number of rotatable bonds is 13. The summed E-state index contributed by atoms with van der Waals surface area (Å²) in [6.07, 6.45) is 7.19. The van der Waals surface area contributed by atoms with Gasteiger partial charge >= 0.3 is 17.9 Å². The van der Waals surface area contributed by atoms with Crippen LogP contribution in [-0.4, -0.2) is 29.6 Å². The van der Waals surface area contributed by atoms with E-state index in [9.17, 15) is 14.4 Å². The Hall–Kier alpha value is -4.13. The molecule has 1 N–H and O–H groups in total. The molecule has 0 aliphatic heterocycles. The molecule has 0 aromatic heterocycles. The van der Waals surface area contributed by atoms with Gasteiger partial charge < -0.3 is 19.3 Å². The van der Waals surface area contributed by atoms with E-state index < -0.39 is 17.9 Å². The number of carbonyl (C=O) groups excluding carboxylic acids is 2. The first-order chi connectivity index (χ1) is 17.5. The molecule has 188 valence electrons. The molecule has 7 heteroatoms. The number of hydrogen-bond acceptors (Lipinski definition) is 6. The molecule has 0 bridgehead atoms. The highest BCUT2D eigenvalue weighted by atomic mass is 16.5. The molecule has 0 aliphatic rings. The van der Waals surface area contributed by atoms with Gasteiger partial charge in [-0.3, -0.25) is 0 Å². The van der Waals surface area contributed by atoms with E-state index in [4.69, 9.17) is 19.3 Å². The van der Waals surface area contributed by atoms with Crippen molar-refractivity contribution in [3.05, 3.63) is 89.5 Å². The number of unbranched alkanes of at least 4 members (excludes halogenated alkanes) is 5. The summed E-state index contributed by atoms with van der Waals surface area (Å²) in [5, 5.41) is 9.05. The summed E-state index contributed by atoms with van der Waals surface area (Å²) in [7, 11) is 0. The molecule has 0 saturated heterocycles. The number of hydrogen-bond donors (Lipinski definition) is 1. The van der Waals surface area contributed by atoms with Crippen LogP contribution in [-0.2, 0) is 0 Å². The zero-order valence-corrected chi connectivity index (χ0v) is 20.3. The molecule has 3 rings (SSSR count). The van der Waals surface area contributed by atoms with Crippen LogP contribution in [0.4, 0.5) is 0 Å². The van der Waals surface area contributed by atoms with Gasteiger partial charge in [-0.1, -0.05) is 45.1 Å². The van der Waals surface area contributed by atoms with Crippen molar-refractivity contribution in [1.82, 2.24) is 0 Å². The van der Waals surface area contributed by atoms with Gasteiger partial charge in [0.25, 0.3) is 0 Å². The Morgan fingerprint density at radius 1 is 0.639 bits per heavy atom. The lowest BCUT2D eigenvalue weighted by Gasteiger charge is -2.08. The lowest BCUT2D eigenvalue weighted by molar-refractivity contribution is 0.0687. The molecule has 0 fully saturated rings. The normalized spacial score (nSPS) is 10.5. The fourth-order valence-corrected chi connectivity index (χ4v) is 3.44. The van der Waals surface area contributed by atoms with Crippen molar-refractivity contribution in [2.45, 2.75) is 45.4 Å². The van der Waals surface area contributed by atoms with Crippen LogP contribution in [0, 0.1) is 0 Å². The first-order valence-electron chi connectivity index (χ1n) is 12.1. The quantitative estimate of drug-likeness (QED) is 0.164. The predicted molar refractivity (Wildman–Crippen MR) is 135 cm³/mol. The average Bonchev–Trinajstić information content (AvgIpc) is 2.89. The number of benzene rings is 3. The Bertz CT molecular complexity index is 1150. The van der Waals surface area contributed by atoms with Gasteiger partial charge in [0.15, 0.2) is 0 Å². The van der Waals surface area contributed by atoms with Crippen molar-refractivity contribution >= 4 is 17.9 Å². The third kappa shape index (κ3) is 8.27. The largest absolute Gasteiger partial charge is 0.494 e. The number of carbonyl (C=O) groups is 3. The maximum atomic E-state index is 12.5. The average molecular weight is 491 g/mol. The number of carboxylic acid groups (broad SMARTS) is 1. The van der Waals surface area contributed by atoms with Crippen molar-refractivity contribution in [2.75, 3.05) is 6.61 Å². The molecule has 3 aromatic rings. The molecule has 0 saturated carbocycles. The van der Waals surface area contributed by atoms with Gasteiger partial charge in [-0.15, -0.1) is 0 Å². The smallest absolute Gasteiger partial charge is 0.343 e. The van der Waals surface area contributed by atoms with Crippen LogP contribution in [0.1, 0.15) is 76.5 Å². The third-order valence-electron chi connectivity index (χ3n) is 5.45. The standard InChI is InChI=1S/C29H30O7/c1-2-3-4-5-6-7-19-34-24-15-17-25(18-16-24)35-28(32)21-11-13-22(14-12-21)29(33)36-26-10-8-9-23(20-26)27(30)31/h8-18,20H,2-7,19H2,1H3,(H,30,31). The van der Waals surface area contributed by atoms with Gasteiger partial charge in [-0.2, -0.15) is 0 Å². The van der Waals surface area contributed by atoms with E-state index in [0.717, 1.165) is 18.6 Å². The van der Waals surface area contributed by atoms with Gasteiger partial charge in [0.05, 0.1) is 23.3 Å². The van der Waals surface area contributed by atoms with Crippen molar-refractivity contribution in [1.29, 1.82) is 0 Å². The van der Waals surface area contributed by atoms with E-state index in [0.29, 0.717) is 12.4 Å². The van der Waals surface area contributed by atoms with E-state index in [-0.39, 0.29) is 22.4 Å². The fraction of sp³-hybridized carbons (Fsp3) is 0.276. The highest BCUT2D eigenvalue weighted by Gasteiger charge is 2.13. The van der Waals surface area contributed by atoms with Crippen molar-refractivity contribution in [3.63, 3.8) is 0 Å². The molecule has 0 radical (unpaired) electrons. The molecule has 0 amide bonds. The summed E-state index contributed by atoms with van der Waals surface area (Å²) < 4.78 is 16.4. The van der Waals surface area contributed by atoms with Crippen LogP contribution >= 0.6 is 0 Å². The minimum absolute atomic E-state index is 0.00999. The first kappa shape index (κ1) is 26.5. The molecule has 3 aromatic carbocycles.